The van der Waals surface area contributed by atoms with Crippen molar-refractivity contribution in [2.75, 3.05) is 0 Å². The molecule has 2 aromatic heterocycles. The highest BCUT2D eigenvalue weighted by Crippen LogP contribution is 2.33. The monoisotopic (exact) mass is 325 g/mol. The second-order valence-corrected chi connectivity index (χ2v) is 6.29. The fourth-order valence-corrected chi connectivity index (χ4v) is 2.49. The number of aromatic nitrogens is 2. The quantitative estimate of drug-likeness (QED) is 0.502. The van der Waals surface area contributed by atoms with Crippen molar-refractivity contribution in [3.8, 4) is 11.6 Å². The van der Waals surface area contributed by atoms with Crippen LogP contribution in [0.5, 0.6) is 11.6 Å². The van der Waals surface area contributed by atoms with Gasteiger partial charge < -0.3 is 14.9 Å². The summed E-state index contributed by atoms with van der Waals surface area (Å²) in [6.45, 7) is 6.50. The Morgan fingerprint density at radius 2 is 1.92 bits per heavy atom. The van der Waals surface area contributed by atoms with E-state index in [4.69, 9.17) is 4.74 Å². The molecule has 0 spiro atoms. The van der Waals surface area contributed by atoms with Gasteiger partial charge in [0, 0.05) is 6.07 Å². The van der Waals surface area contributed by atoms with Crippen molar-refractivity contribution >= 4 is 11.5 Å². The number of imidazole rings is 1. The van der Waals surface area contributed by atoms with Crippen molar-refractivity contribution < 1.29 is 9.66 Å². The van der Waals surface area contributed by atoms with Gasteiger partial charge in [0.25, 0.3) is 0 Å². The molecule has 124 valence electrons. The van der Waals surface area contributed by atoms with E-state index >= 15 is 0 Å². The lowest BCUT2D eigenvalue weighted by Crippen LogP contribution is -2.14. The summed E-state index contributed by atoms with van der Waals surface area (Å²) < 4.78 is 7.09. The molecule has 24 heavy (non-hydrogen) atoms. The fraction of sp³-hybridized carbons (Fsp3) is 0.278. The van der Waals surface area contributed by atoms with Crippen molar-refractivity contribution in [1.29, 1.82) is 0 Å². The molecule has 0 aliphatic rings. The van der Waals surface area contributed by atoms with Gasteiger partial charge in [-0.1, -0.05) is 39.0 Å². The number of fused-ring (bicyclic) bond motifs is 1. The minimum atomic E-state index is -0.482. The summed E-state index contributed by atoms with van der Waals surface area (Å²) in [5.74, 6) is 0.342. The van der Waals surface area contributed by atoms with Crippen LogP contribution in [0.4, 0.5) is 5.82 Å². The molecule has 0 bridgehead atoms. The molecule has 0 aliphatic carbocycles. The average Bonchev–Trinajstić information content (AvgIpc) is 2.93. The predicted octanol–water partition coefficient (Wildman–Crippen LogP) is 4.72. The Morgan fingerprint density at radius 1 is 1.21 bits per heavy atom. The second kappa shape index (κ2) is 5.96. The highest BCUT2D eigenvalue weighted by Gasteiger charge is 2.24. The van der Waals surface area contributed by atoms with Crippen LogP contribution in [-0.2, 0) is 5.41 Å². The molecule has 0 saturated heterocycles. The van der Waals surface area contributed by atoms with Gasteiger partial charge in [0.2, 0.25) is 5.65 Å². The number of pyridine rings is 1. The molecular formula is C18H19N3O3. The first kappa shape index (κ1) is 16.0. The maximum Gasteiger partial charge on any atom is 0.392 e. The maximum absolute atomic E-state index is 11.4. The summed E-state index contributed by atoms with van der Waals surface area (Å²) in [4.78, 5) is 15.1. The molecule has 1 aromatic carbocycles. The third-order valence-corrected chi connectivity index (χ3v) is 4.38. The Kier molecular flexibility index (Phi) is 3.97. The topological polar surface area (TPSA) is 69.7 Å². The molecule has 0 unspecified atom stereocenters. The summed E-state index contributed by atoms with van der Waals surface area (Å²) in [7, 11) is 0. The van der Waals surface area contributed by atoms with Crippen LogP contribution in [0.2, 0.25) is 0 Å². The fourth-order valence-electron chi connectivity index (χ4n) is 2.49. The first-order valence-electron chi connectivity index (χ1n) is 7.82. The van der Waals surface area contributed by atoms with E-state index in [1.165, 1.54) is 9.96 Å². The first-order chi connectivity index (χ1) is 11.4. The number of benzene rings is 1. The minimum Gasteiger partial charge on any atom is -0.433 e. The highest BCUT2D eigenvalue weighted by molar-refractivity contribution is 5.53. The Balaban J connectivity index is 1.95. The Hall–Kier alpha value is -2.89. The van der Waals surface area contributed by atoms with Gasteiger partial charge in [-0.3, -0.25) is 0 Å². The normalized spacial score (nSPS) is 11.6. The SMILES string of the molecule is CCC(C)(C)c1ccc(Oc2nc3ccccn3c2[N+](=O)[O-])cc1. The van der Waals surface area contributed by atoms with Crippen LogP contribution in [0.1, 0.15) is 32.8 Å². The molecule has 0 aliphatic heterocycles. The van der Waals surface area contributed by atoms with E-state index < -0.39 is 4.92 Å². The molecule has 3 rings (SSSR count). The number of rotatable bonds is 5. The molecule has 6 heteroatoms. The maximum atomic E-state index is 11.4. The van der Waals surface area contributed by atoms with Crippen LogP contribution in [-0.4, -0.2) is 14.3 Å². The van der Waals surface area contributed by atoms with Gasteiger partial charge in [-0.25, -0.2) is 0 Å². The largest absolute Gasteiger partial charge is 0.433 e. The molecule has 0 atom stereocenters. The zero-order chi connectivity index (χ0) is 17.3. The second-order valence-electron chi connectivity index (χ2n) is 6.29. The Bertz CT molecular complexity index is 882. The smallest absolute Gasteiger partial charge is 0.392 e. The lowest BCUT2D eigenvalue weighted by molar-refractivity contribution is -0.391. The van der Waals surface area contributed by atoms with E-state index in [2.05, 4.69) is 25.8 Å². The molecule has 2 heterocycles. The minimum absolute atomic E-state index is 0.00583. The average molecular weight is 325 g/mol. The van der Waals surface area contributed by atoms with Gasteiger partial charge >= 0.3 is 11.7 Å². The molecule has 0 N–H and O–H groups in total. The predicted molar refractivity (Wildman–Crippen MR) is 91.7 cm³/mol. The van der Waals surface area contributed by atoms with Crippen LogP contribution >= 0.6 is 0 Å². The van der Waals surface area contributed by atoms with Crippen LogP contribution in [0.15, 0.2) is 48.7 Å². The third kappa shape index (κ3) is 2.82. The molecular weight excluding hydrogens is 306 g/mol. The van der Waals surface area contributed by atoms with Gasteiger partial charge in [-0.15, -0.1) is 0 Å². The number of nitrogens with zero attached hydrogens (tertiary/aromatic N) is 3. The van der Waals surface area contributed by atoms with Gasteiger partial charge in [0.05, 0.1) is 6.20 Å². The Labute approximate surface area is 139 Å². The van der Waals surface area contributed by atoms with E-state index in [0.717, 1.165) is 6.42 Å². The van der Waals surface area contributed by atoms with Crippen molar-refractivity contribution in [3.05, 3.63) is 64.3 Å². The molecule has 0 saturated carbocycles. The van der Waals surface area contributed by atoms with Crippen LogP contribution in [0.25, 0.3) is 5.65 Å². The number of nitro groups is 1. The highest BCUT2D eigenvalue weighted by atomic mass is 16.6. The molecule has 0 fully saturated rings. The van der Waals surface area contributed by atoms with Gasteiger partial charge in [-0.05, 0) is 40.5 Å². The summed E-state index contributed by atoms with van der Waals surface area (Å²) in [5.41, 5.74) is 1.75. The van der Waals surface area contributed by atoms with Crippen LogP contribution < -0.4 is 4.74 Å². The molecule has 3 aromatic rings. The lowest BCUT2D eigenvalue weighted by Gasteiger charge is -2.23. The number of hydrogen-bond acceptors (Lipinski definition) is 4. The van der Waals surface area contributed by atoms with Crippen LogP contribution in [0.3, 0.4) is 0 Å². The van der Waals surface area contributed by atoms with E-state index in [-0.39, 0.29) is 17.1 Å². The number of hydrogen-bond donors (Lipinski definition) is 0. The molecule has 0 amide bonds. The van der Waals surface area contributed by atoms with E-state index in [1.54, 1.807) is 24.4 Å². The lowest BCUT2D eigenvalue weighted by atomic mass is 9.82. The van der Waals surface area contributed by atoms with Gasteiger partial charge in [0.15, 0.2) is 0 Å². The Morgan fingerprint density at radius 3 is 2.54 bits per heavy atom. The van der Waals surface area contributed by atoms with Crippen LogP contribution in [0, 0.1) is 10.1 Å². The number of ether oxygens (including phenoxy) is 1. The summed E-state index contributed by atoms with van der Waals surface area (Å²) in [6.07, 6.45) is 2.62. The summed E-state index contributed by atoms with van der Waals surface area (Å²) in [6, 6.07) is 12.8. The van der Waals surface area contributed by atoms with Crippen molar-refractivity contribution in [2.45, 2.75) is 32.6 Å². The van der Waals surface area contributed by atoms with Gasteiger partial charge in [-0.2, -0.15) is 9.38 Å². The third-order valence-electron chi connectivity index (χ3n) is 4.38. The summed E-state index contributed by atoms with van der Waals surface area (Å²) in [5, 5.41) is 11.4. The summed E-state index contributed by atoms with van der Waals surface area (Å²) >= 11 is 0. The van der Waals surface area contributed by atoms with Crippen molar-refractivity contribution in [2.24, 2.45) is 0 Å². The van der Waals surface area contributed by atoms with Gasteiger partial charge in [0.1, 0.15) is 5.75 Å². The van der Waals surface area contributed by atoms with E-state index in [0.29, 0.717) is 11.4 Å². The molecule has 6 nitrogen and oxygen atoms in total. The van der Waals surface area contributed by atoms with Crippen molar-refractivity contribution in [3.63, 3.8) is 0 Å². The molecule has 0 radical (unpaired) electrons. The van der Waals surface area contributed by atoms with E-state index in [1.807, 2.05) is 24.3 Å². The first-order valence-corrected chi connectivity index (χ1v) is 7.82. The van der Waals surface area contributed by atoms with Crippen molar-refractivity contribution in [1.82, 2.24) is 9.38 Å². The van der Waals surface area contributed by atoms with E-state index in [9.17, 15) is 10.1 Å². The standard InChI is InChI=1S/C18H19N3O3/c1-4-18(2,3)13-8-10-14(11-9-13)24-16-17(21(22)23)20-12-6-5-7-15(20)19-16/h5-12H,4H2,1-3H3. The zero-order valence-corrected chi connectivity index (χ0v) is 13.9. The zero-order valence-electron chi connectivity index (χ0n) is 13.9.